The molecule has 0 unspecified atom stereocenters. The molecule has 0 saturated heterocycles. The zero-order chi connectivity index (χ0) is 21.5. The number of rotatable bonds is 5. The predicted octanol–water partition coefficient (Wildman–Crippen LogP) is 5.22. The molecular weight excluding hydrogens is 422 g/mol. The Bertz CT molecular complexity index is 1330. The summed E-state index contributed by atoms with van der Waals surface area (Å²) in [6.45, 7) is 4.18. The molecule has 30 heavy (non-hydrogen) atoms. The minimum absolute atomic E-state index is 0.0350. The molecular formula is C22H20ClN3O3S. The maximum absolute atomic E-state index is 11.4. The van der Waals surface area contributed by atoms with Crippen LogP contribution in [0.3, 0.4) is 0 Å². The van der Waals surface area contributed by atoms with Crippen molar-refractivity contribution in [3.05, 3.63) is 77.6 Å². The number of pyridine rings is 1. The van der Waals surface area contributed by atoms with Crippen LogP contribution in [0.4, 0.5) is 0 Å². The minimum Gasteiger partial charge on any atom is -0.457 e. The normalized spacial score (nSPS) is 11.9. The zero-order valence-electron chi connectivity index (χ0n) is 16.4. The number of ether oxygens (including phenoxy) is 1. The van der Waals surface area contributed by atoms with Gasteiger partial charge in [0.25, 0.3) is 0 Å². The topological polar surface area (TPSA) is 86.7 Å². The van der Waals surface area contributed by atoms with Gasteiger partial charge in [-0.1, -0.05) is 37.6 Å². The lowest BCUT2D eigenvalue weighted by Gasteiger charge is -2.11. The third-order valence-corrected chi connectivity index (χ3v) is 5.90. The Morgan fingerprint density at radius 1 is 1.03 bits per heavy atom. The number of nitrogens with zero attached hydrogens (tertiary/aromatic N) is 2. The fourth-order valence-corrected chi connectivity index (χ4v) is 4.00. The van der Waals surface area contributed by atoms with E-state index in [9.17, 15) is 8.42 Å². The fraction of sp³-hybridized carbons (Fsp3) is 0.136. The fourth-order valence-electron chi connectivity index (χ4n) is 3.28. The Balaban J connectivity index is 1.74. The van der Waals surface area contributed by atoms with Crippen LogP contribution in [0.2, 0.25) is 5.02 Å². The van der Waals surface area contributed by atoms with Crippen LogP contribution in [0.1, 0.15) is 25.5 Å². The van der Waals surface area contributed by atoms with Gasteiger partial charge in [0.2, 0.25) is 10.0 Å². The van der Waals surface area contributed by atoms with Crippen LogP contribution >= 0.6 is 11.6 Å². The first-order valence-corrected chi connectivity index (χ1v) is 11.2. The Labute approximate surface area is 179 Å². The highest BCUT2D eigenvalue weighted by Crippen LogP contribution is 2.34. The SMILES string of the molecule is CC(C)c1nc2c(Cl)cccn2c1-c1cccc(Oc2ccc(S(N)(=O)=O)cc2)c1. The molecule has 0 spiro atoms. The summed E-state index contributed by atoms with van der Waals surface area (Å²) in [5.74, 6) is 1.32. The van der Waals surface area contributed by atoms with Crippen molar-refractivity contribution >= 4 is 27.3 Å². The summed E-state index contributed by atoms with van der Waals surface area (Å²) in [4.78, 5) is 4.79. The van der Waals surface area contributed by atoms with Gasteiger partial charge in [0.05, 0.1) is 21.3 Å². The van der Waals surface area contributed by atoms with Crippen LogP contribution in [0.5, 0.6) is 11.5 Å². The second-order valence-electron chi connectivity index (χ2n) is 7.20. The van der Waals surface area contributed by atoms with Gasteiger partial charge in [0.15, 0.2) is 5.65 Å². The monoisotopic (exact) mass is 441 g/mol. The van der Waals surface area contributed by atoms with Gasteiger partial charge in [-0.15, -0.1) is 0 Å². The highest BCUT2D eigenvalue weighted by atomic mass is 35.5. The van der Waals surface area contributed by atoms with E-state index in [4.69, 9.17) is 26.5 Å². The molecule has 0 bridgehead atoms. The number of nitrogens with two attached hydrogens (primary N) is 1. The average molecular weight is 442 g/mol. The highest BCUT2D eigenvalue weighted by molar-refractivity contribution is 7.89. The quantitative estimate of drug-likeness (QED) is 0.460. The molecule has 0 radical (unpaired) electrons. The number of fused-ring (bicyclic) bond motifs is 1. The third kappa shape index (κ3) is 3.92. The lowest BCUT2D eigenvalue weighted by atomic mass is 10.0. The van der Waals surface area contributed by atoms with Crippen LogP contribution < -0.4 is 9.88 Å². The molecule has 0 fully saturated rings. The van der Waals surface area contributed by atoms with E-state index in [0.717, 1.165) is 17.0 Å². The first-order chi connectivity index (χ1) is 14.2. The number of halogens is 1. The van der Waals surface area contributed by atoms with E-state index in [1.807, 2.05) is 47.0 Å². The molecule has 2 aromatic heterocycles. The molecule has 6 nitrogen and oxygen atoms in total. The van der Waals surface area contributed by atoms with E-state index in [1.54, 1.807) is 12.1 Å². The maximum atomic E-state index is 11.4. The summed E-state index contributed by atoms with van der Waals surface area (Å²) in [6, 6.07) is 17.3. The van der Waals surface area contributed by atoms with Crippen molar-refractivity contribution in [2.75, 3.05) is 0 Å². The standard InChI is InChI=1S/C22H20ClN3O3S/c1-14(2)20-21(26-12-4-7-19(23)22(26)25-20)15-5-3-6-17(13-15)29-16-8-10-18(11-9-16)30(24,27)28/h3-14H,1-2H3,(H2,24,27,28). The van der Waals surface area contributed by atoms with E-state index in [1.165, 1.54) is 12.1 Å². The van der Waals surface area contributed by atoms with Crippen molar-refractivity contribution in [1.82, 2.24) is 9.38 Å². The molecule has 0 aliphatic carbocycles. The summed E-state index contributed by atoms with van der Waals surface area (Å²) >= 11 is 6.36. The van der Waals surface area contributed by atoms with E-state index in [-0.39, 0.29) is 10.8 Å². The van der Waals surface area contributed by atoms with Crippen molar-refractivity contribution in [1.29, 1.82) is 0 Å². The number of sulfonamides is 1. The average Bonchev–Trinajstić information content (AvgIpc) is 3.09. The summed E-state index contributed by atoms with van der Waals surface area (Å²) < 4.78 is 30.7. The van der Waals surface area contributed by atoms with Gasteiger partial charge in [-0.2, -0.15) is 0 Å². The largest absolute Gasteiger partial charge is 0.457 e. The van der Waals surface area contributed by atoms with E-state index in [0.29, 0.717) is 22.2 Å². The van der Waals surface area contributed by atoms with Gasteiger partial charge >= 0.3 is 0 Å². The third-order valence-electron chi connectivity index (χ3n) is 4.67. The lowest BCUT2D eigenvalue weighted by molar-refractivity contribution is 0.482. The molecule has 2 N–H and O–H groups in total. The molecule has 4 rings (SSSR count). The number of benzene rings is 2. The second kappa shape index (κ2) is 7.75. The Morgan fingerprint density at radius 2 is 1.77 bits per heavy atom. The van der Waals surface area contributed by atoms with Gasteiger partial charge in [0.1, 0.15) is 11.5 Å². The Morgan fingerprint density at radius 3 is 2.43 bits per heavy atom. The van der Waals surface area contributed by atoms with Crippen molar-refractivity contribution < 1.29 is 13.2 Å². The first-order valence-electron chi connectivity index (χ1n) is 9.31. The number of imidazole rings is 1. The highest BCUT2D eigenvalue weighted by Gasteiger charge is 2.18. The molecule has 2 aromatic carbocycles. The summed E-state index contributed by atoms with van der Waals surface area (Å²) in [7, 11) is -3.74. The van der Waals surface area contributed by atoms with Gasteiger partial charge in [-0.05, 0) is 54.4 Å². The number of hydrogen-bond acceptors (Lipinski definition) is 4. The van der Waals surface area contributed by atoms with Crippen molar-refractivity contribution in [3.8, 4) is 22.8 Å². The molecule has 0 aliphatic heterocycles. The molecule has 4 aromatic rings. The van der Waals surface area contributed by atoms with Crippen molar-refractivity contribution in [3.63, 3.8) is 0 Å². The number of aromatic nitrogens is 2. The van der Waals surface area contributed by atoms with Gasteiger partial charge < -0.3 is 4.74 Å². The number of hydrogen-bond donors (Lipinski definition) is 1. The Kier molecular flexibility index (Phi) is 5.27. The van der Waals surface area contributed by atoms with E-state index in [2.05, 4.69) is 13.8 Å². The molecule has 0 amide bonds. The van der Waals surface area contributed by atoms with Gasteiger partial charge in [-0.25, -0.2) is 18.5 Å². The Hall–Kier alpha value is -2.87. The zero-order valence-corrected chi connectivity index (χ0v) is 18.0. The summed E-state index contributed by atoms with van der Waals surface area (Å²) in [6.07, 6.45) is 1.94. The maximum Gasteiger partial charge on any atom is 0.238 e. The first kappa shape index (κ1) is 20.4. The molecule has 0 saturated carbocycles. The van der Waals surface area contributed by atoms with Gasteiger partial charge in [-0.3, -0.25) is 4.40 Å². The lowest BCUT2D eigenvalue weighted by Crippen LogP contribution is -2.11. The smallest absolute Gasteiger partial charge is 0.238 e. The minimum atomic E-state index is -3.74. The van der Waals surface area contributed by atoms with Crippen molar-refractivity contribution in [2.45, 2.75) is 24.7 Å². The van der Waals surface area contributed by atoms with Crippen LogP contribution in [-0.4, -0.2) is 17.8 Å². The van der Waals surface area contributed by atoms with Crippen LogP contribution in [0.25, 0.3) is 16.9 Å². The van der Waals surface area contributed by atoms with Crippen LogP contribution in [-0.2, 0) is 10.0 Å². The van der Waals surface area contributed by atoms with E-state index >= 15 is 0 Å². The van der Waals surface area contributed by atoms with Crippen LogP contribution in [0.15, 0.2) is 71.8 Å². The molecule has 154 valence electrons. The number of primary sulfonamides is 1. The molecule has 0 atom stereocenters. The molecule has 8 heteroatoms. The second-order valence-corrected chi connectivity index (χ2v) is 9.17. The summed E-state index contributed by atoms with van der Waals surface area (Å²) in [5, 5.41) is 5.73. The summed E-state index contributed by atoms with van der Waals surface area (Å²) in [5.41, 5.74) is 3.55. The van der Waals surface area contributed by atoms with Crippen LogP contribution in [0, 0.1) is 0 Å². The van der Waals surface area contributed by atoms with Gasteiger partial charge in [0, 0.05) is 11.8 Å². The van der Waals surface area contributed by atoms with Crippen molar-refractivity contribution in [2.24, 2.45) is 5.14 Å². The molecule has 0 aliphatic rings. The molecule has 2 heterocycles. The van der Waals surface area contributed by atoms with E-state index < -0.39 is 10.0 Å². The predicted molar refractivity (Wildman–Crippen MR) is 118 cm³/mol.